The lowest BCUT2D eigenvalue weighted by molar-refractivity contribution is 1.26. The van der Waals surface area contributed by atoms with Gasteiger partial charge in [-0.3, -0.25) is 4.40 Å². The van der Waals surface area contributed by atoms with E-state index in [9.17, 15) is 0 Å². The smallest absolute Gasteiger partial charge is 0.146 e. The van der Waals surface area contributed by atoms with Gasteiger partial charge in [0.05, 0.1) is 44.5 Å². The highest BCUT2D eigenvalue weighted by Crippen LogP contribution is 2.52. The number of aromatic nitrogens is 3. The van der Waals surface area contributed by atoms with E-state index in [-0.39, 0.29) is 0 Å². The molecule has 0 amide bonds. The van der Waals surface area contributed by atoms with E-state index >= 15 is 0 Å². The number of nitrogens with zero attached hydrogens (tertiary/aromatic N) is 5. The van der Waals surface area contributed by atoms with Crippen LogP contribution in [0.4, 0.5) is 34.1 Å². The third kappa shape index (κ3) is 4.70. The summed E-state index contributed by atoms with van der Waals surface area (Å²) in [5.74, 6) is 0. The fraction of sp³-hybridized carbons (Fsp3) is 0. The van der Waals surface area contributed by atoms with Crippen LogP contribution in [0.1, 0.15) is 0 Å². The van der Waals surface area contributed by atoms with Crippen molar-refractivity contribution in [2.75, 3.05) is 9.80 Å². The van der Waals surface area contributed by atoms with Crippen molar-refractivity contribution in [1.29, 1.82) is 0 Å². The number of fused-ring (bicyclic) bond motifs is 15. The van der Waals surface area contributed by atoms with Gasteiger partial charge >= 0.3 is 0 Å². The van der Waals surface area contributed by atoms with Crippen molar-refractivity contribution >= 4 is 132 Å². The normalized spacial score (nSPS) is 12.2. The first-order valence-corrected chi connectivity index (χ1v) is 22.6. The number of hydrogen-bond donors (Lipinski definition) is 0. The van der Waals surface area contributed by atoms with Crippen LogP contribution < -0.4 is 9.80 Å². The summed E-state index contributed by atoms with van der Waals surface area (Å²) >= 11 is 0. The highest BCUT2D eigenvalue weighted by atomic mass is 15.2. The van der Waals surface area contributed by atoms with Gasteiger partial charge in [0.25, 0.3) is 0 Å². The second-order valence-corrected chi connectivity index (χ2v) is 17.5. The monoisotopic (exact) mass is 839 g/mol. The Labute approximate surface area is 378 Å². The summed E-state index contributed by atoms with van der Waals surface area (Å²) in [5, 5.41) is 13.2. The minimum absolute atomic E-state index is 0.959. The van der Waals surface area contributed by atoms with Gasteiger partial charge in [-0.1, -0.05) is 158 Å². The maximum Gasteiger partial charge on any atom is 0.146 e. The molecule has 0 aliphatic rings. The Morgan fingerprint density at radius 3 is 1.44 bits per heavy atom. The molecule has 0 saturated carbocycles. The number of pyridine rings is 1. The van der Waals surface area contributed by atoms with E-state index in [1.807, 2.05) is 0 Å². The number of anilines is 6. The van der Waals surface area contributed by atoms with Crippen molar-refractivity contribution in [1.82, 2.24) is 13.8 Å². The first-order chi connectivity index (χ1) is 32.8. The van der Waals surface area contributed by atoms with Gasteiger partial charge in [0.1, 0.15) is 5.65 Å². The molecular formula is C61H37N5. The van der Waals surface area contributed by atoms with Gasteiger partial charge in [-0.25, -0.2) is 4.98 Å². The Bertz CT molecular complexity index is 4270. The SMILES string of the molecule is c1ccc(N(c2ccccc2)c2cc3ccccc3c3c4cccc5c6nc7c(cc6n(c23)c54)c2cccc3c4cc5ccccc5c(N(c5ccccc5)c5ccccc5)c4n7c23)cc1. The van der Waals surface area contributed by atoms with Crippen molar-refractivity contribution in [3.05, 3.63) is 224 Å². The van der Waals surface area contributed by atoms with Gasteiger partial charge in [-0.05, 0) is 82.9 Å². The zero-order valence-electron chi connectivity index (χ0n) is 35.6. The van der Waals surface area contributed by atoms with Crippen LogP contribution in [0.25, 0.3) is 98.0 Å². The highest BCUT2D eigenvalue weighted by Gasteiger charge is 2.29. The third-order valence-corrected chi connectivity index (χ3v) is 14.0. The summed E-state index contributed by atoms with van der Waals surface area (Å²) < 4.78 is 5.01. The average molecular weight is 840 g/mol. The summed E-state index contributed by atoms with van der Waals surface area (Å²) in [6.45, 7) is 0. The molecule has 5 nitrogen and oxygen atoms in total. The molecular weight excluding hydrogens is 803 g/mol. The molecule has 0 fully saturated rings. The van der Waals surface area contributed by atoms with Crippen LogP contribution in [0.3, 0.4) is 0 Å². The van der Waals surface area contributed by atoms with Gasteiger partial charge in [0.15, 0.2) is 0 Å². The molecule has 5 heterocycles. The largest absolute Gasteiger partial charge is 0.308 e. The maximum atomic E-state index is 5.90. The van der Waals surface area contributed by atoms with Gasteiger partial charge < -0.3 is 14.2 Å². The van der Waals surface area contributed by atoms with E-state index in [2.05, 4.69) is 243 Å². The van der Waals surface area contributed by atoms with E-state index in [0.717, 1.165) is 67.1 Å². The molecule has 0 unspecified atom stereocenters. The standard InChI is InChI=1S/C61H37N5/c1-5-21-40(22-6-1)63(41-23-7-2-8-24-41)53-36-39-20-13-15-29-44(39)54-48-33-18-34-49-55-52(65(57(48)49)60(53)54)37-51-47-32-17-31-46-50-35-38-19-14-16-30-45(38)58(59(50)66(56(46)47)61(51)62-55)64(42-25-9-3-10-26-42)43-27-11-4-12-28-43/h1-37H. The Balaban J connectivity index is 1.13. The molecule has 0 N–H and O–H groups in total. The first kappa shape index (κ1) is 35.5. The average Bonchev–Trinajstić information content (AvgIpc) is 4.11. The highest BCUT2D eigenvalue weighted by molar-refractivity contribution is 6.33. The molecule has 0 radical (unpaired) electrons. The van der Waals surface area contributed by atoms with Gasteiger partial charge in [0.2, 0.25) is 0 Å². The lowest BCUT2D eigenvalue weighted by Crippen LogP contribution is -2.11. The van der Waals surface area contributed by atoms with Crippen molar-refractivity contribution < 1.29 is 0 Å². The molecule has 0 atom stereocenters. The molecule has 5 heteroatoms. The van der Waals surface area contributed by atoms with Crippen molar-refractivity contribution in [2.24, 2.45) is 0 Å². The van der Waals surface area contributed by atoms with Crippen LogP contribution in [0.2, 0.25) is 0 Å². The molecule has 0 spiro atoms. The van der Waals surface area contributed by atoms with E-state index in [4.69, 9.17) is 4.98 Å². The second kappa shape index (κ2) is 13.3. The molecule has 10 aromatic carbocycles. The number of rotatable bonds is 6. The lowest BCUT2D eigenvalue weighted by Gasteiger charge is -2.28. The van der Waals surface area contributed by atoms with Gasteiger partial charge in [-0.15, -0.1) is 0 Å². The Morgan fingerprint density at radius 1 is 0.318 bits per heavy atom. The summed E-state index contributed by atoms with van der Waals surface area (Å²) in [5.41, 5.74) is 14.4. The predicted molar refractivity (Wildman–Crippen MR) is 278 cm³/mol. The third-order valence-electron chi connectivity index (χ3n) is 14.0. The zero-order chi connectivity index (χ0) is 43.0. The van der Waals surface area contributed by atoms with Gasteiger partial charge in [-0.2, -0.15) is 0 Å². The van der Waals surface area contributed by atoms with Crippen molar-refractivity contribution in [3.8, 4) is 0 Å². The van der Waals surface area contributed by atoms with Crippen molar-refractivity contribution in [3.63, 3.8) is 0 Å². The molecule has 15 aromatic rings. The maximum absolute atomic E-state index is 5.90. The molecule has 66 heavy (non-hydrogen) atoms. The fourth-order valence-corrected chi connectivity index (χ4v) is 11.4. The zero-order valence-corrected chi connectivity index (χ0v) is 35.6. The molecule has 306 valence electrons. The van der Waals surface area contributed by atoms with Crippen molar-refractivity contribution in [2.45, 2.75) is 0 Å². The summed E-state index contributed by atoms with van der Waals surface area (Å²) in [6, 6.07) is 81.6. The molecule has 0 aliphatic heterocycles. The van der Waals surface area contributed by atoms with Crippen LogP contribution in [0, 0.1) is 0 Å². The summed E-state index contributed by atoms with van der Waals surface area (Å²) in [6.07, 6.45) is 0. The van der Waals surface area contributed by atoms with Crippen LogP contribution in [0.5, 0.6) is 0 Å². The number of para-hydroxylation sites is 6. The molecule has 0 saturated heterocycles. The minimum Gasteiger partial charge on any atom is -0.308 e. The lowest BCUT2D eigenvalue weighted by atomic mass is 10.0. The Kier molecular flexibility index (Phi) is 7.16. The quantitative estimate of drug-likeness (QED) is 0.167. The predicted octanol–water partition coefficient (Wildman–Crippen LogP) is 16.6. The van der Waals surface area contributed by atoms with E-state index in [1.165, 1.54) is 65.0 Å². The number of benzene rings is 10. The minimum atomic E-state index is 0.959. The Morgan fingerprint density at radius 2 is 0.803 bits per heavy atom. The van der Waals surface area contributed by atoms with Crippen LogP contribution in [-0.2, 0) is 0 Å². The van der Waals surface area contributed by atoms with E-state index in [0.29, 0.717) is 0 Å². The summed E-state index contributed by atoms with van der Waals surface area (Å²) in [4.78, 5) is 10.8. The fourth-order valence-electron chi connectivity index (χ4n) is 11.4. The molecule has 5 aromatic heterocycles. The van der Waals surface area contributed by atoms with Crippen LogP contribution in [0.15, 0.2) is 224 Å². The van der Waals surface area contributed by atoms with E-state index < -0.39 is 0 Å². The van der Waals surface area contributed by atoms with Crippen LogP contribution in [-0.4, -0.2) is 13.8 Å². The first-order valence-electron chi connectivity index (χ1n) is 22.6. The van der Waals surface area contributed by atoms with Crippen LogP contribution >= 0.6 is 0 Å². The number of hydrogen-bond acceptors (Lipinski definition) is 3. The topological polar surface area (TPSA) is 28.2 Å². The summed E-state index contributed by atoms with van der Waals surface area (Å²) in [7, 11) is 0. The van der Waals surface area contributed by atoms with Gasteiger partial charge in [0, 0.05) is 65.8 Å². The Hall–Kier alpha value is -8.93. The molecule has 15 rings (SSSR count). The molecule has 0 aliphatic carbocycles. The second-order valence-electron chi connectivity index (χ2n) is 17.5. The molecule has 0 bridgehead atoms. The van der Waals surface area contributed by atoms with E-state index in [1.54, 1.807) is 0 Å².